The second-order valence-electron chi connectivity index (χ2n) is 6.38. The highest BCUT2D eigenvalue weighted by molar-refractivity contribution is 5.92. The van der Waals surface area contributed by atoms with Crippen molar-refractivity contribution in [3.05, 3.63) is 41.2 Å². The number of amides is 1. The first-order valence-corrected chi connectivity index (χ1v) is 8.68. The molecular formula is C19H22N4O4. The average Bonchev–Trinajstić information content (AvgIpc) is 3.00. The van der Waals surface area contributed by atoms with E-state index in [9.17, 15) is 9.59 Å². The summed E-state index contributed by atoms with van der Waals surface area (Å²) in [6.07, 6.45) is -0.328. The van der Waals surface area contributed by atoms with Crippen LogP contribution in [-0.4, -0.2) is 51.3 Å². The molecule has 0 spiro atoms. The van der Waals surface area contributed by atoms with E-state index >= 15 is 0 Å². The van der Waals surface area contributed by atoms with Crippen molar-refractivity contribution < 1.29 is 19.4 Å². The van der Waals surface area contributed by atoms with Crippen LogP contribution in [0.2, 0.25) is 0 Å². The summed E-state index contributed by atoms with van der Waals surface area (Å²) in [6, 6.07) is 7.83. The van der Waals surface area contributed by atoms with E-state index in [1.54, 1.807) is 0 Å². The molecule has 0 bridgehead atoms. The first-order valence-electron chi connectivity index (χ1n) is 8.68. The quantitative estimate of drug-likeness (QED) is 0.655. The van der Waals surface area contributed by atoms with Gasteiger partial charge < -0.3 is 15.2 Å². The van der Waals surface area contributed by atoms with Gasteiger partial charge in [-0.15, -0.1) is 0 Å². The van der Waals surface area contributed by atoms with Crippen LogP contribution in [0.15, 0.2) is 24.3 Å². The number of fused-ring (bicyclic) bond motifs is 3. The molecule has 2 heterocycles. The standard InChI is InChI=1S/C19H22N4O4/c1-11-13(8-9-17(24)20-10-16(27-3)19(25)26)12(2)23-18(21-11)14-6-4-5-7-15(14)22-23/h4-7,16H,8-10H2,1-3H3,(H,20,24)(H,25,26). The zero-order valence-electron chi connectivity index (χ0n) is 15.5. The van der Waals surface area contributed by atoms with Crippen molar-refractivity contribution in [3.63, 3.8) is 0 Å². The predicted octanol–water partition coefficient (Wildman–Crippen LogP) is 1.65. The van der Waals surface area contributed by atoms with Crippen LogP contribution >= 0.6 is 0 Å². The van der Waals surface area contributed by atoms with Gasteiger partial charge in [-0.1, -0.05) is 12.1 Å². The van der Waals surface area contributed by atoms with Crippen LogP contribution in [0.25, 0.3) is 16.6 Å². The number of hydrogen-bond acceptors (Lipinski definition) is 5. The molecule has 0 saturated heterocycles. The van der Waals surface area contributed by atoms with Crippen LogP contribution in [0.5, 0.6) is 0 Å². The van der Waals surface area contributed by atoms with E-state index in [1.165, 1.54) is 7.11 Å². The number of nitrogens with one attached hydrogen (secondary N) is 1. The van der Waals surface area contributed by atoms with Gasteiger partial charge in [-0.3, -0.25) is 4.79 Å². The topological polar surface area (TPSA) is 106 Å². The zero-order chi connectivity index (χ0) is 19.6. The summed E-state index contributed by atoms with van der Waals surface area (Å²) in [6.45, 7) is 3.82. The number of aromatic nitrogens is 3. The average molecular weight is 370 g/mol. The summed E-state index contributed by atoms with van der Waals surface area (Å²) >= 11 is 0. The van der Waals surface area contributed by atoms with E-state index in [2.05, 4.69) is 15.4 Å². The van der Waals surface area contributed by atoms with Crippen LogP contribution in [0.1, 0.15) is 23.4 Å². The lowest BCUT2D eigenvalue weighted by molar-refractivity contribution is -0.148. The van der Waals surface area contributed by atoms with Crippen molar-refractivity contribution >= 4 is 28.4 Å². The lowest BCUT2D eigenvalue weighted by Crippen LogP contribution is -2.37. The Kier molecular flexibility index (Phi) is 5.36. The molecule has 1 aromatic carbocycles. The number of aliphatic carboxylic acids is 1. The second-order valence-corrected chi connectivity index (χ2v) is 6.38. The van der Waals surface area contributed by atoms with Gasteiger partial charge in [0.05, 0.1) is 12.1 Å². The fourth-order valence-corrected chi connectivity index (χ4v) is 3.14. The van der Waals surface area contributed by atoms with E-state index in [-0.39, 0.29) is 18.9 Å². The Morgan fingerprint density at radius 1 is 1.30 bits per heavy atom. The molecule has 3 rings (SSSR count). The van der Waals surface area contributed by atoms with Gasteiger partial charge in [0, 0.05) is 30.3 Å². The van der Waals surface area contributed by atoms with E-state index in [1.807, 2.05) is 42.6 Å². The molecule has 1 atom stereocenters. The largest absolute Gasteiger partial charge is 0.479 e. The van der Waals surface area contributed by atoms with Gasteiger partial charge in [-0.25, -0.2) is 14.3 Å². The summed E-state index contributed by atoms with van der Waals surface area (Å²) in [5.41, 5.74) is 4.45. The molecule has 8 heteroatoms. The number of benzene rings is 1. The normalized spacial score (nSPS) is 12.4. The van der Waals surface area contributed by atoms with Gasteiger partial charge >= 0.3 is 5.97 Å². The number of carbonyl (C=O) groups is 2. The van der Waals surface area contributed by atoms with Gasteiger partial charge in [-0.05, 0) is 38.0 Å². The van der Waals surface area contributed by atoms with Crippen LogP contribution in [0.4, 0.5) is 0 Å². The molecule has 8 nitrogen and oxygen atoms in total. The van der Waals surface area contributed by atoms with Crippen molar-refractivity contribution in [2.24, 2.45) is 0 Å². The third-order valence-corrected chi connectivity index (χ3v) is 4.66. The molecule has 0 radical (unpaired) electrons. The minimum Gasteiger partial charge on any atom is -0.479 e. The van der Waals surface area contributed by atoms with E-state index in [0.29, 0.717) is 6.42 Å². The summed E-state index contributed by atoms with van der Waals surface area (Å²) in [4.78, 5) is 27.7. The molecule has 0 aliphatic carbocycles. The molecule has 0 aliphatic heterocycles. The molecule has 0 fully saturated rings. The van der Waals surface area contributed by atoms with Crippen LogP contribution < -0.4 is 5.32 Å². The predicted molar refractivity (Wildman–Crippen MR) is 99.7 cm³/mol. The molecule has 1 amide bonds. The van der Waals surface area contributed by atoms with Crippen LogP contribution in [0, 0.1) is 13.8 Å². The van der Waals surface area contributed by atoms with Crippen molar-refractivity contribution in [3.8, 4) is 0 Å². The highest BCUT2D eigenvalue weighted by Gasteiger charge is 2.18. The van der Waals surface area contributed by atoms with Gasteiger partial charge in [0.2, 0.25) is 5.91 Å². The Balaban J connectivity index is 1.76. The van der Waals surface area contributed by atoms with Gasteiger partial charge in [0.1, 0.15) is 0 Å². The Bertz CT molecular complexity index is 1010. The summed E-state index contributed by atoms with van der Waals surface area (Å²) < 4.78 is 6.62. The molecule has 0 saturated carbocycles. The molecule has 0 aliphatic rings. The summed E-state index contributed by atoms with van der Waals surface area (Å²) in [5.74, 6) is -1.34. The highest BCUT2D eigenvalue weighted by atomic mass is 16.5. The highest BCUT2D eigenvalue weighted by Crippen LogP contribution is 2.22. The van der Waals surface area contributed by atoms with Gasteiger partial charge in [-0.2, -0.15) is 5.10 Å². The van der Waals surface area contributed by atoms with Gasteiger partial charge in [0.25, 0.3) is 0 Å². The van der Waals surface area contributed by atoms with E-state index in [0.717, 1.165) is 33.5 Å². The number of rotatable bonds is 7. The maximum Gasteiger partial charge on any atom is 0.334 e. The summed E-state index contributed by atoms with van der Waals surface area (Å²) in [5, 5.41) is 17.1. The molecule has 142 valence electrons. The molecule has 3 aromatic rings. The smallest absolute Gasteiger partial charge is 0.334 e. The monoisotopic (exact) mass is 370 g/mol. The first kappa shape index (κ1) is 18.8. The van der Waals surface area contributed by atoms with Crippen molar-refractivity contribution in [2.75, 3.05) is 13.7 Å². The summed E-state index contributed by atoms with van der Waals surface area (Å²) in [7, 11) is 1.30. The number of carboxylic acid groups (broad SMARTS) is 1. The number of methoxy groups -OCH3 is 1. The van der Waals surface area contributed by atoms with Crippen LogP contribution in [0.3, 0.4) is 0 Å². The van der Waals surface area contributed by atoms with Crippen molar-refractivity contribution in [2.45, 2.75) is 32.8 Å². The number of ether oxygens (including phenoxy) is 1. The number of aryl methyl sites for hydroxylation is 2. The fraction of sp³-hybridized carbons (Fsp3) is 0.368. The Hall–Kier alpha value is -3.00. The van der Waals surface area contributed by atoms with Gasteiger partial charge in [0.15, 0.2) is 11.8 Å². The van der Waals surface area contributed by atoms with Crippen molar-refractivity contribution in [1.82, 2.24) is 19.9 Å². The number of hydrogen-bond donors (Lipinski definition) is 2. The fourth-order valence-electron chi connectivity index (χ4n) is 3.14. The lowest BCUT2D eigenvalue weighted by Gasteiger charge is -2.13. The third-order valence-electron chi connectivity index (χ3n) is 4.66. The Morgan fingerprint density at radius 3 is 2.74 bits per heavy atom. The van der Waals surface area contributed by atoms with E-state index in [4.69, 9.17) is 9.84 Å². The maximum absolute atomic E-state index is 12.1. The Labute approximate surface area is 156 Å². The molecule has 2 aromatic heterocycles. The zero-order valence-corrected chi connectivity index (χ0v) is 15.5. The third kappa shape index (κ3) is 3.75. The SMILES string of the molecule is COC(CNC(=O)CCc1c(C)nc2c3ccccc3nn2c1C)C(=O)O. The molecule has 27 heavy (non-hydrogen) atoms. The lowest BCUT2D eigenvalue weighted by atomic mass is 10.1. The Morgan fingerprint density at radius 2 is 2.04 bits per heavy atom. The molecule has 2 N–H and O–H groups in total. The number of carboxylic acids is 1. The van der Waals surface area contributed by atoms with E-state index < -0.39 is 12.1 Å². The first-order chi connectivity index (χ1) is 12.9. The number of nitrogens with zero attached hydrogens (tertiary/aromatic N) is 3. The second kappa shape index (κ2) is 7.71. The molecule has 1 unspecified atom stereocenters. The maximum atomic E-state index is 12.1. The van der Waals surface area contributed by atoms with Crippen molar-refractivity contribution in [1.29, 1.82) is 0 Å². The molecular weight excluding hydrogens is 348 g/mol. The minimum atomic E-state index is -1.11. The minimum absolute atomic E-state index is 0.0650. The number of carbonyl (C=O) groups excluding carboxylic acids is 1. The van der Waals surface area contributed by atoms with Crippen LogP contribution in [-0.2, 0) is 20.7 Å².